The Morgan fingerprint density at radius 3 is 2.51 bits per heavy atom. The van der Waals surface area contributed by atoms with E-state index in [9.17, 15) is 9.90 Å². The van der Waals surface area contributed by atoms with Gasteiger partial charge in [-0.05, 0) is 64.1 Å². The molecule has 13 heteroatoms. The van der Waals surface area contributed by atoms with E-state index in [2.05, 4.69) is 15.1 Å². The van der Waals surface area contributed by atoms with Gasteiger partial charge in [-0.1, -0.05) is 12.1 Å². The Balaban J connectivity index is 1.38. The number of ether oxygens (including phenoxy) is 1. The van der Waals surface area contributed by atoms with Crippen LogP contribution in [-0.2, 0) is 20.0 Å². The molecule has 47 heavy (non-hydrogen) atoms. The predicted octanol–water partition coefficient (Wildman–Crippen LogP) is 4.38. The van der Waals surface area contributed by atoms with E-state index in [-0.39, 0.29) is 23.7 Å². The number of phenols is 1. The van der Waals surface area contributed by atoms with Crippen LogP contribution in [0.5, 0.6) is 11.5 Å². The molecule has 0 saturated heterocycles. The lowest BCUT2D eigenvalue weighted by molar-refractivity contribution is 0.134. The lowest BCUT2D eigenvalue weighted by Gasteiger charge is -2.19. The molecular weight excluding hydrogens is 596 g/mol. The number of aromatic hydroxyl groups is 1. The average molecular weight is 629 g/mol. The van der Waals surface area contributed by atoms with Crippen LogP contribution in [0.1, 0.15) is 36.6 Å². The highest BCUT2D eigenvalue weighted by molar-refractivity contribution is 5.99. The Hall–Kier alpha value is -5.98. The second kappa shape index (κ2) is 10.0. The Morgan fingerprint density at radius 1 is 0.979 bits per heavy atom. The molecule has 0 bridgehead atoms. The van der Waals surface area contributed by atoms with Crippen LogP contribution < -0.4 is 16.0 Å². The Bertz CT molecular complexity index is 2450. The van der Waals surface area contributed by atoms with Crippen LogP contribution in [0.3, 0.4) is 0 Å². The molecule has 2 aromatic carbocycles. The van der Waals surface area contributed by atoms with Gasteiger partial charge in [0.15, 0.2) is 23.0 Å². The molecule has 0 amide bonds. The molecule has 0 radical (unpaired) electrons. The molecule has 13 nitrogen and oxygen atoms in total. The van der Waals surface area contributed by atoms with Crippen molar-refractivity contribution in [3.63, 3.8) is 0 Å². The third-order valence-corrected chi connectivity index (χ3v) is 8.80. The molecule has 0 spiro atoms. The van der Waals surface area contributed by atoms with Crippen LogP contribution >= 0.6 is 0 Å². The lowest BCUT2D eigenvalue weighted by atomic mass is 9.95. The molecule has 0 atom stereocenters. The predicted molar refractivity (Wildman–Crippen MR) is 177 cm³/mol. The zero-order chi connectivity index (χ0) is 32.8. The number of aromatic nitrogens is 9. The highest BCUT2D eigenvalue weighted by Gasteiger charge is 2.35. The number of hydrogen-bond donors (Lipinski definition) is 2. The number of anilines is 1. The number of aryl methyl sites for hydroxylation is 3. The summed E-state index contributed by atoms with van der Waals surface area (Å²) in [5.41, 5.74) is 12.2. The van der Waals surface area contributed by atoms with Crippen molar-refractivity contribution < 1.29 is 9.84 Å². The van der Waals surface area contributed by atoms with Crippen LogP contribution in [0, 0.1) is 13.8 Å². The molecule has 0 unspecified atom stereocenters. The molecule has 6 heterocycles. The summed E-state index contributed by atoms with van der Waals surface area (Å²) in [5.74, 6) is 1.20. The van der Waals surface area contributed by atoms with Gasteiger partial charge in [0.25, 0.3) is 5.56 Å². The van der Waals surface area contributed by atoms with Crippen molar-refractivity contribution in [1.82, 2.24) is 43.9 Å². The SMILES string of the molecule is Cc1ccc(C)n1-n1c(Cn2nc(-c3ccc(O)c4c3CC(C)(C)O4)c3c(N)ncnc32)nc2cccc(-c3ccnn3C)c2c1=O. The highest BCUT2D eigenvalue weighted by atomic mass is 16.5. The average Bonchev–Trinajstić information content (AvgIpc) is 3.79. The second-order valence-corrected chi connectivity index (χ2v) is 12.6. The minimum absolute atomic E-state index is 0.0645. The highest BCUT2D eigenvalue weighted by Crippen LogP contribution is 2.47. The zero-order valence-corrected chi connectivity index (χ0v) is 26.6. The van der Waals surface area contributed by atoms with E-state index in [1.54, 1.807) is 26.3 Å². The first kappa shape index (κ1) is 28.5. The molecule has 1 aliphatic heterocycles. The third-order valence-electron chi connectivity index (χ3n) is 8.80. The Kier molecular flexibility index (Phi) is 6.07. The molecule has 236 valence electrons. The maximum Gasteiger partial charge on any atom is 0.281 e. The van der Waals surface area contributed by atoms with Crippen molar-refractivity contribution in [2.24, 2.45) is 7.05 Å². The summed E-state index contributed by atoms with van der Waals surface area (Å²) in [4.78, 5) is 28.7. The van der Waals surface area contributed by atoms with E-state index in [0.29, 0.717) is 45.6 Å². The number of nitrogen functional groups attached to an aromatic ring is 1. The van der Waals surface area contributed by atoms with E-state index in [1.807, 2.05) is 81.9 Å². The number of rotatable bonds is 5. The molecular formula is C34H32N10O3. The van der Waals surface area contributed by atoms with Gasteiger partial charge in [0.1, 0.15) is 30.0 Å². The van der Waals surface area contributed by atoms with Crippen LogP contribution in [-0.4, -0.2) is 54.6 Å². The van der Waals surface area contributed by atoms with E-state index in [0.717, 1.165) is 33.8 Å². The molecule has 0 saturated carbocycles. The third kappa shape index (κ3) is 4.30. The van der Waals surface area contributed by atoms with Crippen molar-refractivity contribution in [2.45, 2.75) is 46.3 Å². The van der Waals surface area contributed by atoms with Crippen molar-refractivity contribution in [3.05, 3.63) is 94.2 Å². The first-order valence-electron chi connectivity index (χ1n) is 15.2. The molecule has 7 aromatic rings. The summed E-state index contributed by atoms with van der Waals surface area (Å²) in [5, 5.41) is 21.0. The fourth-order valence-electron chi connectivity index (χ4n) is 6.73. The monoisotopic (exact) mass is 628 g/mol. The molecule has 0 fully saturated rings. The second-order valence-electron chi connectivity index (χ2n) is 12.6. The summed E-state index contributed by atoms with van der Waals surface area (Å²) in [6.07, 6.45) is 3.67. The number of benzene rings is 2. The van der Waals surface area contributed by atoms with Crippen molar-refractivity contribution in [2.75, 3.05) is 5.73 Å². The maximum atomic E-state index is 14.7. The topological polar surface area (TPSA) is 157 Å². The van der Waals surface area contributed by atoms with E-state index in [1.165, 1.54) is 6.33 Å². The quantitative estimate of drug-likeness (QED) is 0.282. The number of hydrogen-bond acceptors (Lipinski definition) is 9. The fourth-order valence-corrected chi connectivity index (χ4v) is 6.73. The summed E-state index contributed by atoms with van der Waals surface area (Å²) >= 11 is 0. The zero-order valence-electron chi connectivity index (χ0n) is 26.6. The lowest BCUT2D eigenvalue weighted by Crippen LogP contribution is -2.33. The smallest absolute Gasteiger partial charge is 0.281 e. The summed E-state index contributed by atoms with van der Waals surface area (Å²) in [7, 11) is 1.85. The maximum absolute atomic E-state index is 14.7. The van der Waals surface area contributed by atoms with Crippen LogP contribution in [0.25, 0.3) is 44.5 Å². The van der Waals surface area contributed by atoms with Gasteiger partial charge in [0.05, 0.1) is 22.0 Å². The van der Waals surface area contributed by atoms with Gasteiger partial charge >= 0.3 is 0 Å². The summed E-state index contributed by atoms with van der Waals surface area (Å²) in [6, 6.07) is 14.9. The van der Waals surface area contributed by atoms with Crippen molar-refractivity contribution in [1.29, 1.82) is 0 Å². The minimum Gasteiger partial charge on any atom is -0.504 e. The van der Waals surface area contributed by atoms with E-state index in [4.69, 9.17) is 20.6 Å². The largest absolute Gasteiger partial charge is 0.504 e. The minimum atomic E-state index is -0.512. The fraction of sp³-hybridized carbons (Fsp3) is 0.235. The first-order valence-corrected chi connectivity index (χ1v) is 15.2. The van der Waals surface area contributed by atoms with E-state index < -0.39 is 5.60 Å². The Labute approximate surface area is 268 Å². The van der Waals surface area contributed by atoms with Gasteiger partial charge < -0.3 is 15.6 Å². The normalized spacial score (nSPS) is 13.8. The molecule has 1 aliphatic rings. The number of nitrogens with zero attached hydrogens (tertiary/aromatic N) is 9. The molecule has 8 rings (SSSR count). The molecule has 3 N–H and O–H groups in total. The van der Waals surface area contributed by atoms with E-state index >= 15 is 0 Å². The van der Waals surface area contributed by atoms with Gasteiger partial charge in [-0.15, -0.1) is 0 Å². The first-order chi connectivity index (χ1) is 22.5. The van der Waals surface area contributed by atoms with Gasteiger partial charge in [-0.2, -0.15) is 14.9 Å². The standard InChI is InChI=1S/C34H32N10O3/c1-18-9-10-19(2)43(18)44-26(39-23-8-6-7-21(27(23)33(44)46)24-13-14-38-41(24)5)16-42-32-28(31(35)36-17-37-32)29(40-42)20-11-12-25(45)30-22(20)15-34(3,4)47-30/h6-14,17,45H,15-16H2,1-5H3,(H2,35,36,37). The summed E-state index contributed by atoms with van der Waals surface area (Å²) in [6.45, 7) is 7.93. The number of phenolic OH excluding ortho intramolecular Hbond substituents is 1. The number of nitrogens with two attached hydrogens (primary N) is 1. The van der Waals surface area contributed by atoms with Crippen LogP contribution in [0.2, 0.25) is 0 Å². The van der Waals surface area contributed by atoms with Crippen molar-refractivity contribution in [3.8, 4) is 34.0 Å². The van der Waals surface area contributed by atoms with Gasteiger partial charge in [0, 0.05) is 47.7 Å². The molecule has 0 aliphatic carbocycles. The molecule has 5 aromatic heterocycles. The summed E-state index contributed by atoms with van der Waals surface area (Å²) < 4.78 is 13.0. The van der Waals surface area contributed by atoms with Gasteiger partial charge in [-0.25, -0.2) is 19.6 Å². The van der Waals surface area contributed by atoms with Crippen molar-refractivity contribution >= 4 is 27.8 Å². The van der Waals surface area contributed by atoms with Crippen LogP contribution in [0.15, 0.2) is 65.8 Å². The number of fused-ring (bicyclic) bond motifs is 3. The van der Waals surface area contributed by atoms with Crippen LogP contribution in [0.4, 0.5) is 5.82 Å². The Morgan fingerprint density at radius 2 is 1.77 bits per heavy atom. The van der Waals surface area contributed by atoms with Gasteiger partial charge in [0.2, 0.25) is 0 Å². The van der Waals surface area contributed by atoms with Gasteiger partial charge in [-0.3, -0.25) is 14.2 Å².